The van der Waals surface area contributed by atoms with Crippen LogP contribution in [0.4, 0.5) is 0 Å². The van der Waals surface area contributed by atoms with Crippen molar-refractivity contribution < 1.29 is 4.79 Å². The Morgan fingerprint density at radius 2 is 2.41 bits per heavy atom. The number of imidazole rings is 1. The van der Waals surface area contributed by atoms with Crippen molar-refractivity contribution in [2.45, 2.75) is 25.8 Å². The second kappa shape index (κ2) is 6.75. The van der Waals surface area contributed by atoms with Gasteiger partial charge in [-0.3, -0.25) is 4.79 Å². The van der Waals surface area contributed by atoms with Gasteiger partial charge in [0.15, 0.2) is 0 Å². The van der Waals surface area contributed by atoms with Crippen LogP contribution in [0.25, 0.3) is 5.69 Å². The standard InChI is InChI=1S/C17H22N4O/c1-13(20-17(22)15-5-3-7-18-11-15)14-4-2-6-16(10-14)21-9-8-19-12-21/h2,4,6,8-10,12-13,15,18H,3,5,7,11H2,1H3,(H,20,22). The molecule has 1 aliphatic rings. The van der Waals surface area contributed by atoms with Crippen molar-refractivity contribution in [3.63, 3.8) is 0 Å². The van der Waals surface area contributed by atoms with Gasteiger partial charge in [-0.25, -0.2) is 4.98 Å². The molecule has 0 radical (unpaired) electrons. The van der Waals surface area contributed by atoms with Crippen LogP contribution < -0.4 is 10.6 Å². The molecular formula is C17H22N4O. The topological polar surface area (TPSA) is 59.0 Å². The van der Waals surface area contributed by atoms with Crippen LogP contribution in [0.1, 0.15) is 31.4 Å². The molecule has 1 saturated heterocycles. The molecule has 116 valence electrons. The van der Waals surface area contributed by atoms with E-state index in [1.54, 1.807) is 12.5 Å². The molecule has 2 atom stereocenters. The van der Waals surface area contributed by atoms with E-state index < -0.39 is 0 Å². The van der Waals surface area contributed by atoms with Gasteiger partial charge in [-0.05, 0) is 44.0 Å². The van der Waals surface area contributed by atoms with Gasteiger partial charge in [-0.2, -0.15) is 0 Å². The van der Waals surface area contributed by atoms with E-state index in [1.807, 2.05) is 35.9 Å². The van der Waals surface area contributed by atoms with Gasteiger partial charge in [-0.1, -0.05) is 12.1 Å². The number of piperidine rings is 1. The molecule has 2 unspecified atom stereocenters. The van der Waals surface area contributed by atoms with E-state index in [1.165, 1.54) is 0 Å². The summed E-state index contributed by atoms with van der Waals surface area (Å²) in [5, 5.41) is 6.42. The lowest BCUT2D eigenvalue weighted by Gasteiger charge is -2.24. The van der Waals surface area contributed by atoms with Crippen LogP contribution in [-0.2, 0) is 4.79 Å². The molecule has 2 aromatic rings. The molecule has 1 amide bonds. The molecule has 1 aliphatic heterocycles. The number of hydrogen-bond donors (Lipinski definition) is 2. The van der Waals surface area contributed by atoms with Crippen LogP contribution in [0, 0.1) is 5.92 Å². The fraction of sp³-hybridized carbons (Fsp3) is 0.412. The molecule has 5 heteroatoms. The third-order valence-electron chi connectivity index (χ3n) is 4.20. The average molecular weight is 298 g/mol. The number of nitrogens with one attached hydrogen (secondary N) is 2. The van der Waals surface area contributed by atoms with Crippen molar-refractivity contribution in [1.29, 1.82) is 0 Å². The monoisotopic (exact) mass is 298 g/mol. The zero-order valence-corrected chi connectivity index (χ0v) is 12.8. The minimum atomic E-state index is -0.00195. The third-order valence-corrected chi connectivity index (χ3v) is 4.20. The molecule has 3 rings (SSSR count). The fourth-order valence-corrected chi connectivity index (χ4v) is 2.86. The van der Waals surface area contributed by atoms with Gasteiger partial charge in [0, 0.05) is 24.6 Å². The summed E-state index contributed by atoms with van der Waals surface area (Å²) in [7, 11) is 0. The zero-order chi connectivity index (χ0) is 15.4. The summed E-state index contributed by atoms with van der Waals surface area (Å²) < 4.78 is 1.96. The summed E-state index contributed by atoms with van der Waals surface area (Å²) in [4.78, 5) is 16.4. The quantitative estimate of drug-likeness (QED) is 0.908. The van der Waals surface area contributed by atoms with Gasteiger partial charge in [0.2, 0.25) is 5.91 Å². The second-order valence-corrected chi connectivity index (χ2v) is 5.84. The highest BCUT2D eigenvalue weighted by atomic mass is 16.2. The summed E-state index contributed by atoms with van der Waals surface area (Å²) in [6, 6.07) is 8.18. The first-order valence-electron chi connectivity index (χ1n) is 7.83. The molecule has 0 saturated carbocycles. The van der Waals surface area contributed by atoms with Crippen molar-refractivity contribution >= 4 is 5.91 Å². The fourth-order valence-electron chi connectivity index (χ4n) is 2.86. The number of hydrogen-bond acceptors (Lipinski definition) is 3. The molecular weight excluding hydrogens is 276 g/mol. The molecule has 1 aromatic heterocycles. The number of rotatable bonds is 4. The van der Waals surface area contributed by atoms with Crippen LogP contribution in [-0.4, -0.2) is 28.5 Å². The summed E-state index contributed by atoms with van der Waals surface area (Å²) in [5.41, 5.74) is 2.15. The second-order valence-electron chi connectivity index (χ2n) is 5.84. The Labute approximate surface area is 130 Å². The molecule has 22 heavy (non-hydrogen) atoms. The highest BCUT2D eigenvalue weighted by Gasteiger charge is 2.22. The minimum absolute atomic E-state index is 0.00195. The Bertz CT molecular complexity index is 617. The Hall–Kier alpha value is -2.14. The minimum Gasteiger partial charge on any atom is -0.349 e. The van der Waals surface area contributed by atoms with Crippen molar-refractivity contribution in [2.24, 2.45) is 5.92 Å². The number of nitrogens with zero attached hydrogens (tertiary/aromatic N) is 2. The lowest BCUT2D eigenvalue weighted by molar-refractivity contribution is -0.126. The van der Waals surface area contributed by atoms with E-state index in [0.29, 0.717) is 0 Å². The highest BCUT2D eigenvalue weighted by molar-refractivity contribution is 5.79. The van der Waals surface area contributed by atoms with Gasteiger partial charge in [0.25, 0.3) is 0 Å². The first-order valence-corrected chi connectivity index (χ1v) is 7.83. The van der Waals surface area contributed by atoms with E-state index >= 15 is 0 Å². The van der Waals surface area contributed by atoms with Crippen molar-refractivity contribution in [3.05, 3.63) is 48.5 Å². The van der Waals surface area contributed by atoms with Crippen LogP contribution in [0.15, 0.2) is 43.0 Å². The first-order chi connectivity index (χ1) is 10.7. The zero-order valence-electron chi connectivity index (χ0n) is 12.8. The van der Waals surface area contributed by atoms with Crippen molar-refractivity contribution in [1.82, 2.24) is 20.2 Å². The van der Waals surface area contributed by atoms with Gasteiger partial charge in [0.1, 0.15) is 0 Å². The summed E-state index contributed by atoms with van der Waals surface area (Å²) in [6.07, 6.45) is 7.49. The van der Waals surface area contributed by atoms with E-state index in [9.17, 15) is 4.79 Å². The lowest BCUT2D eigenvalue weighted by atomic mass is 9.98. The SMILES string of the molecule is CC(NC(=O)C1CCCNC1)c1cccc(-n2ccnc2)c1. The molecule has 0 aliphatic carbocycles. The largest absolute Gasteiger partial charge is 0.349 e. The summed E-state index contributed by atoms with van der Waals surface area (Å²) in [6.45, 7) is 3.83. The number of amides is 1. The van der Waals surface area contributed by atoms with E-state index in [-0.39, 0.29) is 17.9 Å². The van der Waals surface area contributed by atoms with Crippen LogP contribution in [0.5, 0.6) is 0 Å². The average Bonchev–Trinajstić information content (AvgIpc) is 3.10. The molecule has 1 fully saturated rings. The maximum atomic E-state index is 12.3. The van der Waals surface area contributed by atoms with Gasteiger partial charge < -0.3 is 15.2 Å². The Morgan fingerprint density at radius 1 is 1.50 bits per heavy atom. The van der Waals surface area contributed by atoms with Crippen molar-refractivity contribution in [3.8, 4) is 5.69 Å². The summed E-state index contributed by atoms with van der Waals surface area (Å²) >= 11 is 0. The van der Waals surface area contributed by atoms with Gasteiger partial charge >= 0.3 is 0 Å². The number of aromatic nitrogens is 2. The highest BCUT2D eigenvalue weighted by Crippen LogP contribution is 2.18. The smallest absolute Gasteiger partial charge is 0.224 e. The molecule has 1 aromatic carbocycles. The van der Waals surface area contributed by atoms with Crippen LogP contribution in [0.3, 0.4) is 0 Å². The molecule has 2 N–H and O–H groups in total. The van der Waals surface area contributed by atoms with E-state index in [2.05, 4.69) is 21.7 Å². The molecule has 5 nitrogen and oxygen atoms in total. The van der Waals surface area contributed by atoms with E-state index in [0.717, 1.165) is 37.2 Å². The Balaban J connectivity index is 1.68. The van der Waals surface area contributed by atoms with Gasteiger partial charge in [0.05, 0.1) is 18.3 Å². The third kappa shape index (κ3) is 3.36. The van der Waals surface area contributed by atoms with Crippen LogP contribution in [0.2, 0.25) is 0 Å². The van der Waals surface area contributed by atoms with Crippen molar-refractivity contribution in [2.75, 3.05) is 13.1 Å². The molecule has 0 spiro atoms. The predicted octanol–water partition coefficient (Wildman–Crippen LogP) is 2.05. The molecule has 2 heterocycles. The predicted molar refractivity (Wildman–Crippen MR) is 85.7 cm³/mol. The number of carbonyl (C=O) groups is 1. The number of benzene rings is 1. The first kappa shape index (κ1) is 14.8. The van der Waals surface area contributed by atoms with E-state index in [4.69, 9.17) is 0 Å². The maximum absolute atomic E-state index is 12.3. The Morgan fingerprint density at radius 3 is 3.14 bits per heavy atom. The number of carbonyl (C=O) groups excluding carboxylic acids is 1. The normalized spacial score (nSPS) is 19.6. The van der Waals surface area contributed by atoms with Gasteiger partial charge in [-0.15, -0.1) is 0 Å². The summed E-state index contributed by atoms with van der Waals surface area (Å²) in [5.74, 6) is 0.237. The molecule has 0 bridgehead atoms. The lowest BCUT2D eigenvalue weighted by Crippen LogP contribution is -2.41. The maximum Gasteiger partial charge on any atom is 0.224 e. The van der Waals surface area contributed by atoms with Crippen LogP contribution >= 0.6 is 0 Å². The Kier molecular flexibility index (Phi) is 4.53.